The predicted octanol–water partition coefficient (Wildman–Crippen LogP) is 2.14. The van der Waals surface area contributed by atoms with Crippen LogP contribution < -0.4 is 5.73 Å². The Bertz CT molecular complexity index is 259. The number of nitrogens with two attached hydrogens (primary N) is 1. The van der Waals surface area contributed by atoms with Crippen LogP contribution in [-0.2, 0) is 13.1 Å². The Balaban J connectivity index is 1.92. The van der Waals surface area contributed by atoms with Gasteiger partial charge in [-0.25, -0.2) is 0 Å². The van der Waals surface area contributed by atoms with Crippen molar-refractivity contribution < 1.29 is 0 Å². The van der Waals surface area contributed by atoms with Gasteiger partial charge in [0.2, 0.25) is 0 Å². The summed E-state index contributed by atoms with van der Waals surface area (Å²) in [7, 11) is 0. The smallest absolute Gasteiger partial charge is 0.0248 e. The first-order valence-electron chi connectivity index (χ1n) is 5.23. The number of nitrogens with zero attached hydrogens (tertiary/aromatic N) is 1. The van der Waals surface area contributed by atoms with E-state index in [1.807, 2.05) is 0 Å². The molecule has 2 heteroatoms. The minimum atomic E-state index is 0.664. The monoisotopic (exact) mass is 178 g/mol. The molecule has 0 aliphatic heterocycles. The van der Waals surface area contributed by atoms with E-state index in [1.54, 1.807) is 0 Å². The molecule has 0 atom stereocenters. The Hall–Kier alpha value is -0.760. The van der Waals surface area contributed by atoms with Crippen LogP contribution >= 0.6 is 0 Å². The molecule has 1 saturated carbocycles. The van der Waals surface area contributed by atoms with Gasteiger partial charge in [0.25, 0.3) is 0 Å². The second-order valence-corrected chi connectivity index (χ2v) is 4.07. The van der Waals surface area contributed by atoms with Gasteiger partial charge in [-0.3, -0.25) is 0 Å². The topological polar surface area (TPSA) is 30.9 Å². The zero-order chi connectivity index (χ0) is 9.10. The summed E-state index contributed by atoms with van der Waals surface area (Å²) < 4.78 is 2.29. The molecule has 1 aliphatic rings. The molecular weight excluding hydrogens is 160 g/mol. The van der Waals surface area contributed by atoms with Crippen LogP contribution in [0.15, 0.2) is 18.5 Å². The van der Waals surface area contributed by atoms with Crippen LogP contribution in [0.25, 0.3) is 0 Å². The molecule has 72 valence electrons. The average molecular weight is 178 g/mol. The number of rotatable bonds is 3. The molecule has 1 aromatic heterocycles. The van der Waals surface area contributed by atoms with Gasteiger partial charge in [0.1, 0.15) is 0 Å². The van der Waals surface area contributed by atoms with Gasteiger partial charge >= 0.3 is 0 Å². The van der Waals surface area contributed by atoms with Gasteiger partial charge in [0.15, 0.2) is 0 Å². The third-order valence-corrected chi connectivity index (χ3v) is 2.99. The molecule has 13 heavy (non-hydrogen) atoms. The van der Waals surface area contributed by atoms with E-state index < -0.39 is 0 Å². The summed E-state index contributed by atoms with van der Waals surface area (Å²) in [6, 6.07) is 2.12. The van der Waals surface area contributed by atoms with Crippen molar-refractivity contribution >= 4 is 0 Å². The van der Waals surface area contributed by atoms with E-state index >= 15 is 0 Å². The van der Waals surface area contributed by atoms with Crippen molar-refractivity contribution in [1.82, 2.24) is 4.57 Å². The minimum absolute atomic E-state index is 0.664. The Morgan fingerprint density at radius 3 is 2.77 bits per heavy atom. The number of hydrogen-bond acceptors (Lipinski definition) is 1. The largest absolute Gasteiger partial charge is 0.354 e. The molecular formula is C11H18N2. The lowest BCUT2D eigenvalue weighted by Crippen LogP contribution is -2.05. The van der Waals surface area contributed by atoms with Gasteiger partial charge in [-0.2, -0.15) is 0 Å². The van der Waals surface area contributed by atoms with Gasteiger partial charge in [-0.1, -0.05) is 12.8 Å². The Morgan fingerprint density at radius 1 is 1.38 bits per heavy atom. The van der Waals surface area contributed by atoms with Gasteiger partial charge in [-0.05, 0) is 30.4 Å². The van der Waals surface area contributed by atoms with Gasteiger partial charge in [-0.15, -0.1) is 0 Å². The maximum atomic E-state index is 5.56. The molecule has 2 rings (SSSR count). The summed E-state index contributed by atoms with van der Waals surface area (Å²) in [5.74, 6) is 0.915. The molecule has 0 bridgehead atoms. The molecule has 1 aliphatic carbocycles. The van der Waals surface area contributed by atoms with Gasteiger partial charge < -0.3 is 10.3 Å². The molecule has 2 nitrogen and oxygen atoms in total. The number of aromatic nitrogens is 1. The molecule has 0 amide bonds. The van der Waals surface area contributed by atoms with Crippen molar-refractivity contribution in [3.8, 4) is 0 Å². The quantitative estimate of drug-likeness (QED) is 0.755. The third kappa shape index (κ3) is 2.13. The maximum absolute atomic E-state index is 5.56. The van der Waals surface area contributed by atoms with Crippen LogP contribution in [0.3, 0.4) is 0 Å². The minimum Gasteiger partial charge on any atom is -0.354 e. The highest BCUT2D eigenvalue weighted by Gasteiger charge is 2.14. The van der Waals surface area contributed by atoms with Gasteiger partial charge in [0.05, 0.1) is 0 Å². The standard InChI is InChI=1S/C11H18N2/c12-7-11-5-6-13(9-11)8-10-3-1-2-4-10/h5-6,9-10H,1-4,7-8,12H2. The Labute approximate surface area is 79.7 Å². The fraction of sp³-hybridized carbons (Fsp3) is 0.636. The highest BCUT2D eigenvalue weighted by molar-refractivity contribution is 5.09. The SMILES string of the molecule is NCc1ccn(CC2CCCC2)c1. The normalized spacial score (nSPS) is 18.2. The average Bonchev–Trinajstić information content (AvgIpc) is 2.76. The summed E-state index contributed by atoms with van der Waals surface area (Å²) in [4.78, 5) is 0. The first-order valence-corrected chi connectivity index (χ1v) is 5.23. The van der Waals surface area contributed by atoms with Crippen molar-refractivity contribution in [3.63, 3.8) is 0 Å². The molecule has 0 aromatic carbocycles. The Kier molecular flexibility index (Phi) is 2.69. The summed E-state index contributed by atoms with van der Waals surface area (Å²) in [5.41, 5.74) is 6.81. The highest BCUT2D eigenvalue weighted by Crippen LogP contribution is 2.26. The molecule has 1 aromatic rings. The zero-order valence-electron chi connectivity index (χ0n) is 8.08. The summed E-state index contributed by atoms with van der Waals surface area (Å²) in [6.45, 7) is 1.86. The summed E-state index contributed by atoms with van der Waals surface area (Å²) in [6.07, 6.45) is 10.0. The third-order valence-electron chi connectivity index (χ3n) is 2.99. The lowest BCUT2D eigenvalue weighted by Gasteiger charge is -2.09. The van der Waals surface area contributed by atoms with Crippen molar-refractivity contribution in [2.75, 3.05) is 0 Å². The molecule has 1 fully saturated rings. The first kappa shape index (κ1) is 8.82. The van der Waals surface area contributed by atoms with Crippen LogP contribution in [0.2, 0.25) is 0 Å². The van der Waals surface area contributed by atoms with E-state index in [4.69, 9.17) is 5.73 Å². The fourth-order valence-corrected chi connectivity index (χ4v) is 2.22. The molecule has 0 radical (unpaired) electrons. The van der Waals surface area contributed by atoms with E-state index in [0.717, 1.165) is 5.92 Å². The van der Waals surface area contributed by atoms with E-state index in [1.165, 1.54) is 37.8 Å². The van der Waals surface area contributed by atoms with Crippen LogP contribution in [0.5, 0.6) is 0 Å². The predicted molar refractivity (Wildman–Crippen MR) is 54.3 cm³/mol. The molecule has 0 spiro atoms. The van der Waals surface area contributed by atoms with Crippen molar-refractivity contribution in [2.24, 2.45) is 11.7 Å². The first-order chi connectivity index (χ1) is 6.38. The van der Waals surface area contributed by atoms with Gasteiger partial charge in [0, 0.05) is 25.5 Å². The van der Waals surface area contributed by atoms with Crippen LogP contribution in [0, 0.1) is 5.92 Å². The fourth-order valence-electron chi connectivity index (χ4n) is 2.22. The molecule has 0 unspecified atom stereocenters. The zero-order valence-corrected chi connectivity index (χ0v) is 8.08. The van der Waals surface area contributed by atoms with E-state index in [9.17, 15) is 0 Å². The maximum Gasteiger partial charge on any atom is 0.0248 e. The summed E-state index contributed by atoms with van der Waals surface area (Å²) in [5, 5.41) is 0. The molecule has 1 heterocycles. The second kappa shape index (κ2) is 3.97. The van der Waals surface area contributed by atoms with Crippen LogP contribution in [0.4, 0.5) is 0 Å². The second-order valence-electron chi connectivity index (χ2n) is 4.07. The van der Waals surface area contributed by atoms with Crippen molar-refractivity contribution in [3.05, 3.63) is 24.0 Å². The molecule has 0 saturated heterocycles. The van der Waals surface area contributed by atoms with Crippen molar-refractivity contribution in [2.45, 2.75) is 38.8 Å². The van der Waals surface area contributed by atoms with E-state index in [-0.39, 0.29) is 0 Å². The van der Waals surface area contributed by atoms with Crippen molar-refractivity contribution in [1.29, 1.82) is 0 Å². The van der Waals surface area contributed by atoms with Crippen LogP contribution in [0.1, 0.15) is 31.2 Å². The lowest BCUT2D eigenvalue weighted by molar-refractivity contribution is 0.458. The number of hydrogen-bond donors (Lipinski definition) is 1. The summed E-state index contributed by atoms with van der Waals surface area (Å²) >= 11 is 0. The van der Waals surface area contributed by atoms with E-state index in [0.29, 0.717) is 6.54 Å². The van der Waals surface area contributed by atoms with Crippen LogP contribution in [-0.4, -0.2) is 4.57 Å². The van der Waals surface area contributed by atoms with E-state index in [2.05, 4.69) is 23.0 Å². The Morgan fingerprint density at radius 2 is 2.15 bits per heavy atom. The highest BCUT2D eigenvalue weighted by atomic mass is 14.9. The lowest BCUT2D eigenvalue weighted by atomic mass is 10.1. The molecule has 2 N–H and O–H groups in total.